The van der Waals surface area contributed by atoms with E-state index in [-0.39, 0.29) is 11.7 Å². The molecule has 146 valence electrons. The predicted octanol–water partition coefficient (Wildman–Crippen LogP) is 4.81. The molecule has 0 aliphatic heterocycles. The van der Waals surface area contributed by atoms with Crippen molar-refractivity contribution in [2.45, 2.75) is 0 Å². The lowest BCUT2D eigenvalue weighted by molar-refractivity contribution is 1.42. The van der Waals surface area contributed by atoms with Gasteiger partial charge in [0, 0.05) is 22.3 Å². The molecule has 2 aromatic heterocycles. The summed E-state index contributed by atoms with van der Waals surface area (Å²) >= 11 is 3.15. The third kappa shape index (κ3) is 3.12. The van der Waals surface area contributed by atoms with Crippen molar-refractivity contribution in [2.24, 2.45) is 11.5 Å². The number of rotatable bonds is 4. The Morgan fingerprint density at radius 2 is 1.10 bits per heavy atom. The summed E-state index contributed by atoms with van der Waals surface area (Å²) < 4.78 is 1.98. The van der Waals surface area contributed by atoms with Gasteiger partial charge in [0.15, 0.2) is 0 Å². The molecule has 0 aliphatic carbocycles. The monoisotopic (exact) mass is 428 g/mol. The molecule has 0 unspecified atom stereocenters. The van der Waals surface area contributed by atoms with Crippen LogP contribution in [0, 0.1) is 10.8 Å². The molecular formula is C22H16N6S2. The van der Waals surface area contributed by atoms with Crippen molar-refractivity contribution >= 4 is 54.8 Å². The topological polar surface area (TPSA) is 126 Å². The first-order valence-electron chi connectivity index (χ1n) is 9.09. The number of hydrogen-bond donors (Lipinski definition) is 4. The number of nitrogens with zero attached hydrogens (tertiary/aromatic N) is 2. The Labute approximate surface area is 179 Å². The second kappa shape index (κ2) is 7.01. The summed E-state index contributed by atoms with van der Waals surface area (Å²) in [6.45, 7) is 0. The minimum Gasteiger partial charge on any atom is -0.384 e. The molecule has 0 amide bonds. The minimum absolute atomic E-state index is 0.0478. The van der Waals surface area contributed by atoms with E-state index in [9.17, 15) is 0 Å². The highest BCUT2D eigenvalue weighted by atomic mass is 32.1. The Hall–Kier alpha value is -3.62. The van der Waals surface area contributed by atoms with Gasteiger partial charge in [0.2, 0.25) is 0 Å². The molecule has 0 radical (unpaired) electrons. The quantitative estimate of drug-likeness (QED) is 0.242. The Kier molecular flexibility index (Phi) is 4.30. The number of hydrogen-bond acceptors (Lipinski definition) is 6. The van der Waals surface area contributed by atoms with Crippen LogP contribution >= 0.6 is 22.7 Å². The summed E-state index contributed by atoms with van der Waals surface area (Å²) in [5.74, 6) is 0.0957. The van der Waals surface area contributed by atoms with Crippen molar-refractivity contribution in [3.63, 3.8) is 0 Å². The summed E-state index contributed by atoms with van der Waals surface area (Å²) in [4.78, 5) is 9.60. The van der Waals surface area contributed by atoms with Crippen molar-refractivity contribution in [3.8, 4) is 21.1 Å². The van der Waals surface area contributed by atoms with Crippen LogP contribution in [0.15, 0.2) is 60.7 Å². The number of thiazole rings is 2. The molecule has 5 aromatic rings. The maximum Gasteiger partial charge on any atom is 0.125 e. The molecule has 0 saturated carbocycles. The number of fused-ring (bicyclic) bond motifs is 2. The van der Waals surface area contributed by atoms with E-state index < -0.39 is 0 Å². The number of benzene rings is 3. The molecule has 0 aliphatic rings. The Morgan fingerprint density at radius 3 is 1.50 bits per heavy atom. The summed E-state index contributed by atoms with van der Waals surface area (Å²) in [7, 11) is 0. The maximum atomic E-state index is 7.66. The lowest BCUT2D eigenvalue weighted by Gasteiger charge is -2.03. The molecule has 6 nitrogen and oxygen atoms in total. The summed E-state index contributed by atoms with van der Waals surface area (Å²) in [5.41, 5.74) is 16.4. The number of aromatic nitrogens is 2. The van der Waals surface area contributed by atoms with Gasteiger partial charge >= 0.3 is 0 Å². The average molecular weight is 429 g/mol. The standard InChI is InChI=1S/C22H16N6S2/c23-19(24)11-5-7-15-17(9-11)29-21(27-15)13-3-1-2-4-14(13)22-28-16-8-6-12(20(25)26)10-18(16)30-22/h1-10H,(H3,23,24)(H3,25,26). The second-order valence-corrected chi connectivity index (χ2v) is 8.84. The number of nitrogens with two attached hydrogens (primary N) is 2. The fraction of sp³-hybridized carbons (Fsp3) is 0. The molecular weight excluding hydrogens is 412 g/mol. The highest BCUT2D eigenvalue weighted by molar-refractivity contribution is 7.22. The lowest BCUT2D eigenvalue weighted by atomic mass is 10.1. The molecule has 0 atom stereocenters. The van der Waals surface area contributed by atoms with Crippen LogP contribution in [-0.2, 0) is 0 Å². The highest BCUT2D eigenvalue weighted by Gasteiger charge is 2.16. The molecule has 8 heteroatoms. The van der Waals surface area contributed by atoms with E-state index in [2.05, 4.69) is 0 Å². The van der Waals surface area contributed by atoms with Gasteiger partial charge in [-0.05, 0) is 36.4 Å². The lowest BCUT2D eigenvalue weighted by Crippen LogP contribution is -2.10. The van der Waals surface area contributed by atoms with E-state index in [1.54, 1.807) is 22.7 Å². The minimum atomic E-state index is 0.0478. The summed E-state index contributed by atoms with van der Waals surface area (Å²) in [5, 5.41) is 17.1. The summed E-state index contributed by atoms with van der Waals surface area (Å²) in [6, 6.07) is 19.3. The zero-order valence-electron chi connectivity index (χ0n) is 15.6. The first kappa shape index (κ1) is 18.4. The van der Waals surface area contributed by atoms with Crippen LogP contribution in [0.4, 0.5) is 0 Å². The molecule has 0 saturated heterocycles. The van der Waals surface area contributed by atoms with Gasteiger partial charge in [-0.2, -0.15) is 0 Å². The molecule has 0 fully saturated rings. The molecule has 5 rings (SSSR count). The van der Waals surface area contributed by atoms with Gasteiger partial charge in [0.1, 0.15) is 21.7 Å². The van der Waals surface area contributed by atoms with Gasteiger partial charge in [-0.25, -0.2) is 9.97 Å². The van der Waals surface area contributed by atoms with Crippen LogP contribution in [0.5, 0.6) is 0 Å². The van der Waals surface area contributed by atoms with Crippen molar-refractivity contribution in [1.82, 2.24) is 9.97 Å². The molecule has 2 heterocycles. The van der Waals surface area contributed by atoms with Gasteiger partial charge in [0.25, 0.3) is 0 Å². The van der Waals surface area contributed by atoms with Crippen molar-refractivity contribution < 1.29 is 0 Å². The molecule has 0 bridgehead atoms. The molecule has 6 N–H and O–H groups in total. The zero-order valence-corrected chi connectivity index (χ0v) is 17.3. The average Bonchev–Trinajstić information content (AvgIpc) is 3.36. The van der Waals surface area contributed by atoms with Gasteiger partial charge < -0.3 is 11.5 Å². The first-order chi connectivity index (χ1) is 14.5. The van der Waals surface area contributed by atoms with Crippen molar-refractivity contribution in [1.29, 1.82) is 10.8 Å². The van der Waals surface area contributed by atoms with E-state index in [4.69, 9.17) is 32.3 Å². The highest BCUT2D eigenvalue weighted by Crippen LogP contribution is 2.39. The normalized spacial score (nSPS) is 11.2. The van der Waals surface area contributed by atoms with Crippen LogP contribution in [-0.4, -0.2) is 21.6 Å². The third-order valence-corrected chi connectivity index (χ3v) is 6.89. The van der Waals surface area contributed by atoms with Crippen LogP contribution in [0.3, 0.4) is 0 Å². The van der Waals surface area contributed by atoms with Gasteiger partial charge in [-0.1, -0.05) is 24.3 Å². The Morgan fingerprint density at radius 1 is 0.667 bits per heavy atom. The van der Waals surface area contributed by atoms with Crippen molar-refractivity contribution in [3.05, 3.63) is 71.8 Å². The molecule has 30 heavy (non-hydrogen) atoms. The zero-order chi connectivity index (χ0) is 20.8. The molecule has 3 aromatic carbocycles. The van der Waals surface area contributed by atoms with Crippen LogP contribution in [0.1, 0.15) is 11.1 Å². The van der Waals surface area contributed by atoms with Crippen LogP contribution in [0.2, 0.25) is 0 Å². The second-order valence-electron chi connectivity index (χ2n) is 6.78. The fourth-order valence-electron chi connectivity index (χ4n) is 3.27. The van der Waals surface area contributed by atoms with Crippen LogP contribution in [0.25, 0.3) is 41.6 Å². The van der Waals surface area contributed by atoms with Gasteiger partial charge in [0.05, 0.1) is 20.4 Å². The molecule has 0 spiro atoms. The van der Waals surface area contributed by atoms with E-state index in [1.165, 1.54) is 0 Å². The van der Waals surface area contributed by atoms with E-state index >= 15 is 0 Å². The third-order valence-electron chi connectivity index (χ3n) is 4.79. The van der Waals surface area contributed by atoms with Crippen molar-refractivity contribution in [2.75, 3.05) is 0 Å². The number of nitrogens with one attached hydrogen (secondary N) is 2. The SMILES string of the molecule is N=C(N)c1ccc2nc(-c3ccccc3-c3nc4ccc(C(=N)N)cc4s3)sc2c1. The van der Waals surface area contributed by atoms with E-state index in [0.717, 1.165) is 41.6 Å². The van der Waals surface area contributed by atoms with E-state index in [1.807, 2.05) is 60.7 Å². The van der Waals surface area contributed by atoms with E-state index in [0.29, 0.717) is 11.1 Å². The largest absolute Gasteiger partial charge is 0.384 e. The fourth-order valence-corrected chi connectivity index (χ4v) is 5.36. The Bertz CT molecular complexity index is 1350. The number of amidine groups is 2. The maximum absolute atomic E-state index is 7.66. The predicted molar refractivity (Wildman–Crippen MR) is 126 cm³/mol. The first-order valence-corrected chi connectivity index (χ1v) is 10.7. The van der Waals surface area contributed by atoms with Gasteiger partial charge in [-0.15, -0.1) is 22.7 Å². The smallest absolute Gasteiger partial charge is 0.125 e. The Balaban J connectivity index is 1.64. The summed E-state index contributed by atoms with van der Waals surface area (Å²) in [6.07, 6.45) is 0. The van der Waals surface area contributed by atoms with Crippen LogP contribution < -0.4 is 11.5 Å². The number of nitrogen functional groups attached to an aromatic ring is 2. The van der Waals surface area contributed by atoms with Gasteiger partial charge in [-0.3, -0.25) is 10.8 Å².